The third-order valence-electron chi connectivity index (χ3n) is 5.85. The standard InChI is InChI=1S/C25H26ClN3O/c1-19(28-14-16-29(17-15-28)22-11-7-10-21(26)18-22)25(30)27-24-13-6-5-12-23(24)20-8-3-2-4-9-20/h2-13,18-19H,14-17H2,1H3,(H,27,30)/p+1/t19-/m1/s1. The highest BCUT2D eigenvalue weighted by Crippen LogP contribution is 2.27. The molecule has 1 fully saturated rings. The first kappa shape index (κ1) is 20.5. The summed E-state index contributed by atoms with van der Waals surface area (Å²) in [6.45, 7) is 5.68. The predicted molar refractivity (Wildman–Crippen MR) is 124 cm³/mol. The fraction of sp³-hybridized carbons (Fsp3) is 0.240. The van der Waals surface area contributed by atoms with E-state index >= 15 is 0 Å². The molecule has 0 spiro atoms. The SMILES string of the molecule is C[C@H](C(=O)Nc1ccccc1-c1ccccc1)[NH+]1CCN(c2cccc(Cl)c2)CC1. The highest BCUT2D eigenvalue weighted by molar-refractivity contribution is 6.30. The van der Waals surface area contributed by atoms with E-state index in [-0.39, 0.29) is 11.9 Å². The quantitative estimate of drug-likeness (QED) is 0.659. The van der Waals surface area contributed by atoms with Crippen LogP contribution in [0.3, 0.4) is 0 Å². The largest absolute Gasteiger partial charge is 0.360 e. The number of hydrogen-bond donors (Lipinski definition) is 2. The van der Waals surface area contributed by atoms with Crippen LogP contribution in [0.1, 0.15) is 6.92 Å². The molecule has 1 aliphatic rings. The van der Waals surface area contributed by atoms with Crippen molar-refractivity contribution >= 4 is 28.9 Å². The fourth-order valence-electron chi connectivity index (χ4n) is 4.05. The molecule has 1 saturated heterocycles. The molecule has 4 rings (SSSR count). The molecule has 0 unspecified atom stereocenters. The van der Waals surface area contributed by atoms with Crippen LogP contribution in [0.15, 0.2) is 78.9 Å². The molecule has 30 heavy (non-hydrogen) atoms. The van der Waals surface area contributed by atoms with Crippen molar-refractivity contribution in [3.63, 3.8) is 0 Å². The minimum absolute atomic E-state index is 0.0598. The summed E-state index contributed by atoms with van der Waals surface area (Å²) >= 11 is 6.13. The molecule has 3 aromatic carbocycles. The zero-order chi connectivity index (χ0) is 20.9. The van der Waals surface area contributed by atoms with Crippen molar-refractivity contribution in [2.24, 2.45) is 0 Å². The summed E-state index contributed by atoms with van der Waals surface area (Å²) in [5.41, 5.74) is 4.15. The molecule has 0 bridgehead atoms. The zero-order valence-corrected chi connectivity index (χ0v) is 17.9. The lowest BCUT2D eigenvalue weighted by atomic mass is 10.0. The summed E-state index contributed by atoms with van der Waals surface area (Å²) in [4.78, 5) is 16.7. The van der Waals surface area contributed by atoms with E-state index in [4.69, 9.17) is 11.6 Å². The van der Waals surface area contributed by atoms with Crippen LogP contribution >= 0.6 is 11.6 Å². The first-order chi connectivity index (χ1) is 14.6. The number of rotatable bonds is 5. The van der Waals surface area contributed by atoms with Gasteiger partial charge in [0, 0.05) is 22.0 Å². The number of halogens is 1. The zero-order valence-electron chi connectivity index (χ0n) is 17.1. The number of amides is 1. The Kier molecular flexibility index (Phi) is 6.36. The summed E-state index contributed by atoms with van der Waals surface area (Å²) in [6.07, 6.45) is 0. The third kappa shape index (κ3) is 4.66. The normalized spacial score (nSPS) is 15.6. The van der Waals surface area contributed by atoms with Gasteiger partial charge in [-0.1, -0.05) is 66.2 Å². The maximum absolute atomic E-state index is 13.0. The number of quaternary nitrogens is 1. The van der Waals surface area contributed by atoms with Crippen LogP contribution in [0, 0.1) is 0 Å². The Morgan fingerprint density at radius 1 is 0.967 bits per heavy atom. The molecule has 0 aliphatic carbocycles. The van der Waals surface area contributed by atoms with E-state index in [2.05, 4.69) is 28.4 Å². The second kappa shape index (κ2) is 9.33. The molecule has 1 amide bonds. The highest BCUT2D eigenvalue weighted by Gasteiger charge is 2.29. The van der Waals surface area contributed by atoms with Gasteiger partial charge in [-0.2, -0.15) is 0 Å². The van der Waals surface area contributed by atoms with E-state index in [0.29, 0.717) is 0 Å². The number of benzene rings is 3. The van der Waals surface area contributed by atoms with Gasteiger partial charge in [0.2, 0.25) is 0 Å². The third-order valence-corrected chi connectivity index (χ3v) is 6.09. The molecule has 0 radical (unpaired) electrons. The molecule has 1 heterocycles. The smallest absolute Gasteiger partial charge is 0.282 e. The number of carbonyl (C=O) groups excluding carboxylic acids is 1. The Balaban J connectivity index is 1.40. The van der Waals surface area contributed by atoms with Gasteiger partial charge in [0.1, 0.15) is 0 Å². The molecule has 0 aromatic heterocycles. The van der Waals surface area contributed by atoms with Crippen LogP contribution in [0.5, 0.6) is 0 Å². The summed E-state index contributed by atoms with van der Waals surface area (Å²) in [7, 11) is 0. The minimum Gasteiger partial charge on any atom is -0.360 e. The van der Waals surface area contributed by atoms with E-state index < -0.39 is 0 Å². The molecule has 0 saturated carbocycles. The molecule has 154 valence electrons. The number of nitrogens with zero attached hydrogens (tertiary/aromatic N) is 1. The van der Waals surface area contributed by atoms with E-state index in [0.717, 1.165) is 53.7 Å². The van der Waals surface area contributed by atoms with E-state index in [9.17, 15) is 4.79 Å². The maximum Gasteiger partial charge on any atom is 0.282 e. The van der Waals surface area contributed by atoms with E-state index in [1.165, 1.54) is 4.90 Å². The van der Waals surface area contributed by atoms with Gasteiger partial charge in [0.15, 0.2) is 6.04 Å². The molecule has 1 atom stereocenters. The van der Waals surface area contributed by atoms with Crippen LogP contribution in [-0.2, 0) is 4.79 Å². The molecule has 1 aliphatic heterocycles. The van der Waals surface area contributed by atoms with Crippen molar-refractivity contribution in [1.82, 2.24) is 0 Å². The van der Waals surface area contributed by atoms with Crippen LogP contribution in [0.4, 0.5) is 11.4 Å². The van der Waals surface area contributed by atoms with Crippen molar-refractivity contribution in [2.75, 3.05) is 36.4 Å². The lowest BCUT2D eigenvalue weighted by Gasteiger charge is -2.36. The van der Waals surface area contributed by atoms with Gasteiger partial charge >= 0.3 is 0 Å². The minimum atomic E-state index is -0.115. The van der Waals surface area contributed by atoms with Crippen molar-refractivity contribution in [3.05, 3.63) is 83.9 Å². The lowest BCUT2D eigenvalue weighted by Crippen LogP contribution is -3.19. The molecular weight excluding hydrogens is 394 g/mol. The van der Waals surface area contributed by atoms with Crippen molar-refractivity contribution in [1.29, 1.82) is 0 Å². The van der Waals surface area contributed by atoms with Crippen molar-refractivity contribution < 1.29 is 9.69 Å². The molecule has 5 heteroatoms. The van der Waals surface area contributed by atoms with E-state index in [1.807, 2.05) is 67.6 Å². The Bertz CT molecular complexity index is 1000. The van der Waals surface area contributed by atoms with Gasteiger partial charge in [-0.3, -0.25) is 4.79 Å². The van der Waals surface area contributed by atoms with Crippen LogP contribution in [0.2, 0.25) is 5.02 Å². The predicted octanol–water partition coefficient (Wildman–Crippen LogP) is 3.74. The van der Waals surface area contributed by atoms with Gasteiger partial charge < -0.3 is 15.1 Å². The number of hydrogen-bond acceptors (Lipinski definition) is 2. The van der Waals surface area contributed by atoms with Crippen LogP contribution < -0.4 is 15.1 Å². The number of para-hydroxylation sites is 1. The average molecular weight is 421 g/mol. The van der Waals surface area contributed by atoms with E-state index in [1.54, 1.807) is 0 Å². The van der Waals surface area contributed by atoms with Crippen molar-refractivity contribution in [2.45, 2.75) is 13.0 Å². The average Bonchev–Trinajstić information content (AvgIpc) is 2.79. The Morgan fingerprint density at radius 2 is 1.67 bits per heavy atom. The van der Waals surface area contributed by atoms with Crippen LogP contribution in [-0.4, -0.2) is 38.1 Å². The molecular formula is C25H27ClN3O+. The topological polar surface area (TPSA) is 36.8 Å². The Labute approximate surface area is 183 Å². The monoisotopic (exact) mass is 420 g/mol. The molecule has 2 N–H and O–H groups in total. The highest BCUT2D eigenvalue weighted by atomic mass is 35.5. The fourth-order valence-corrected chi connectivity index (χ4v) is 4.23. The number of nitrogens with one attached hydrogen (secondary N) is 2. The second-order valence-corrected chi connectivity index (χ2v) is 8.18. The van der Waals surface area contributed by atoms with Gasteiger partial charge in [0.25, 0.3) is 5.91 Å². The van der Waals surface area contributed by atoms with Gasteiger partial charge in [-0.15, -0.1) is 0 Å². The van der Waals surface area contributed by atoms with Crippen LogP contribution in [0.25, 0.3) is 11.1 Å². The number of piperazine rings is 1. The first-order valence-corrected chi connectivity index (χ1v) is 10.8. The summed E-state index contributed by atoms with van der Waals surface area (Å²) < 4.78 is 0. The lowest BCUT2D eigenvalue weighted by molar-refractivity contribution is -0.914. The first-order valence-electron chi connectivity index (χ1n) is 10.4. The molecule has 4 nitrogen and oxygen atoms in total. The summed E-state index contributed by atoms with van der Waals surface area (Å²) in [5.74, 6) is 0.0598. The second-order valence-electron chi connectivity index (χ2n) is 7.75. The molecule has 3 aromatic rings. The van der Waals surface area contributed by atoms with Gasteiger partial charge in [0.05, 0.1) is 26.2 Å². The summed E-state index contributed by atoms with van der Waals surface area (Å²) in [5, 5.41) is 3.92. The Hall–Kier alpha value is -2.82. The Morgan fingerprint density at radius 3 is 2.40 bits per heavy atom. The van der Waals surface area contributed by atoms with Gasteiger partial charge in [-0.05, 0) is 36.8 Å². The van der Waals surface area contributed by atoms with Gasteiger partial charge in [-0.25, -0.2) is 0 Å². The number of carbonyl (C=O) groups is 1. The maximum atomic E-state index is 13.0. The van der Waals surface area contributed by atoms with Crippen molar-refractivity contribution in [3.8, 4) is 11.1 Å². The summed E-state index contributed by atoms with van der Waals surface area (Å²) in [6, 6.07) is 26.0. The number of anilines is 2.